The molecule has 2 aliphatic rings. The van der Waals surface area contributed by atoms with Crippen molar-refractivity contribution in [2.24, 2.45) is 16.3 Å². The van der Waals surface area contributed by atoms with E-state index in [4.69, 9.17) is 19.2 Å². The van der Waals surface area contributed by atoms with Crippen LogP contribution in [0.15, 0.2) is 40.5 Å². The van der Waals surface area contributed by atoms with Crippen LogP contribution in [0.4, 0.5) is 0 Å². The number of esters is 1. The van der Waals surface area contributed by atoms with Crippen molar-refractivity contribution in [3.63, 3.8) is 0 Å². The molecule has 1 aliphatic carbocycles. The summed E-state index contributed by atoms with van der Waals surface area (Å²) >= 11 is 0. The molecule has 162 valence electrons. The largest absolute Gasteiger partial charge is 0.494 e. The maximum absolute atomic E-state index is 13.2. The van der Waals surface area contributed by atoms with E-state index in [1.165, 1.54) is 0 Å². The van der Waals surface area contributed by atoms with Gasteiger partial charge in [-0.2, -0.15) is 0 Å². The molecule has 0 N–H and O–H groups in total. The number of carbonyl (C=O) groups excluding carboxylic acids is 2. The molecule has 1 aliphatic heterocycles. The number of methoxy groups -OCH3 is 1. The third-order valence-electron chi connectivity index (χ3n) is 5.65. The monoisotopic (exact) mass is 413 g/mol. The molecule has 6 nitrogen and oxygen atoms in total. The van der Waals surface area contributed by atoms with E-state index in [2.05, 4.69) is 13.8 Å². The van der Waals surface area contributed by atoms with Crippen LogP contribution in [-0.2, 0) is 19.1 Å². The van der Waals surface area contributed by atoms with E-state index in [9.17, 15) is 9.59 Å². The molecule has 1 fully saturated rings. The number of ether oxygens (including phenoxy) is 3. The van der Waals surface area contributed by atoms with Gasteiger partial charge in [0, 0.05) is 30.9 Å². The zero-order chi connectivity index (χ0) is 21.9. The van der Waals surface area contributed by atoms with Crippen LogP contribution in [0.2, 0.25) is 0 Å². The van der Waals surface area contributed by atoms with Gasteiger partial charge in [0.15, 0.2) is 0 Å². The van der Waals surface area contributed by atoms with E-state index < -0.39 is 17.8 Å². The summed E-state index contributed by atoms with van der Waals surface area (Å²) in [4.78, 5) is 31.0. The summed E-state index contributed by atoms with van der Waals surface area (Å²) in [5.41, 5.74) is 2.69. The topological polar surface area (TPSA) is 74.2 Å². The second-order valence-electron chi connectivity index (χ2n) is 8.67. The van der Waals surface area contributed by atoms with E-state index in [1.54, 1.807) is 7.11 Å². The Bertz CT molecular complexity index is 866. The predicted octanol–water partition coefficient (Wildman–Crippen LogP) is 4.09. The summed E-state index contributed by atoms with van der Waals surface area (Å²) in [5.74, 6) is -0.411. The molecule has 1 unspecified atom stereocenters. The SMILES string of the molecule is CCOc1ccc([C@@H]2C(C(=O)OCCOC)=C(C)N=C3CC(C)(C)CC(=O)C32)cc1. The van der Waals surface area contributed by atoms with Crippen LogP contribution >= 0.6 is 0 Å². The first-order valence-corrected chi connectivity index (χ1v) is 10.5. The lowest BCUT2D eigenvalue weighted by Crippen LogP contribution is -2.44. The minimum Gasteiger partial charge on any atom is -0.494 e. The molecule has 0 aromatic heterocycles. The van der Waals surface area contributed by atoms with Gasteiger partial charge in [-0.15, -0.1) is 0 Å². The van der Waals surface area contributed by atoms with E-state index in [-0.39, 0.29) is 17.8 Å². The van der Waals surface area contributed by atoms with Crippen LogP contribution in [0.3, 0.4) is 0 Å². The molecule has 0 spiro atoms. The molecule has 0 saturated heterocycles. The Morgan fingerprint density at radius 3 is 2.47 bits per heavy atom. The highest BCUT2D eigenvalue weighted by molar-refractivity contribution is 6.12. The summed E-state index contributed by atoms with van der Waals surface area (Å²) in [6.45, 7) is 8.98. The van der Waals surface area contributed by atoms with Gasteiger partial charge >= 0.3 is 5.97 Å². The van der Waals surface area contributed by atoms with Gasteiger partial charge < -0.3 is 14.2 Å². The quantitative estimate of drug-likeness (QED) is 0.497. The average Bonchev–Trinajstić information content (AvgIpc) is 2.67. The second-order valence-corrected chi connectivity index (χ2v) is 8.67. The zero-order valence-electron chi connectivity index (χ0n) is 18.5. The van der Waals surface area contributed by atoms with Crippen molar-refractivity contribution in [1.82, 2.24) is 0 Å². The van der Waals surface area contributed by atoms with Gasteiger partial charge in [-0.3, -0.25) is 9.79 Å². The van der Waals surface area contributed by atoms with Crippen LogP contribution in [0.1, 0.15) is 52.0 Å². The first-order chi connectivity index (χ1) is 14.3. The van der Waals surface area contributed by atoms with E-state index in [1.807, 2.05) is 38.1 Å². The zero-order valence-corrected chi connectivity index (χ0v) is 18.5. The first kappa shape index (κ1) is 22.2. The van der Waals surface area contributed by atoms with Crippen LogP contribution in [0.5, 0.6) is 5.75 Å². The number of hydrogen-bond acceptors (Lipinski definition) is 6. The van der Waals surface area contributed by atoms with Crippen LogP contribution in [0, 0.1) is 11.3 Å². The molecule has 1 saturated carbocycles. The Morgan fingerprint density at radius 1 is 1.13 bits per heavy atom. The molecule has 2 atom stereocenters. The predicted molar refractivity (Wildman–Crippen MR) is 115 cm³/mol. The highest BCUT2D eigenvalue weighted by Crippen LogP contribution is 2.47. The first-order valence-electron chi connectivity index (χ1n) is 10.5. The fraction of sp³-hybridized carbons (Fsp3) is 0.542. The van der Waals surface area contributed by atoms with E-state index in [0.717, 1.165) is 23.4 Å². The Morgan fingerprint density at radius 2 is 1.83 bits per heavy atom. The standard InChI is InChI=1S/C24H31NO5/c1-6-29-17-9-7-16(8-10-17)21-20(23(27)30-12-11-28-5)15(2)25-18-13-24(3,4)14-19(26)22(18)21/h7-10,21-22H,6,11-14H2,1-5H3/t21-,22?/m1/s1. The molecule has 0 radical (unpaired) electrons. The maximum atomic E-state index is 13.2. The second kappa shape index (κ2) is 9.13. The van der Waals surface area contributed by atoms with Gasteiger partial charge in [0.1, 0.15) is 18.1 Å². The molecule has 0 bridgehead atoms. The number of aliphatic imine (C=N–C) groups is 1. The molecule has 30 heavy (non-hydrogen) atoms. The van der Waals surface area contributed by atoms with Crippen molar-refractivity contribution in [1.29, 1.82) is 0 Å². The number of Topliss-reactive ketones (excluding diaryl/α,β-unsaturated/α-hetero) is 1. The summed E-state index contributed by atoms with van der Waals surface area (Å²) in [5, 5.41) is 0. The van der Waals surface area contributed by atoms with Gasteiger partial charge in [-0.05, 0) is 43.4 Å². The minimum absolute atomic E-state index is 0.124. The molecule has 0 amide bonds. The highest BCUT2D eigenvalue weighted by atomic mass is 16.6. The van der Waals surface area contributed by atoms with E-state index in [0.29, 0.717) is 30.9 Å². The number of rotatable bonds is 7. The van der Waals surface area contributed by atoms with Gasteiger partial charge in [-0.25, -0.2) is 4.79 Å². The average molecular weight is 414 g/mol. The van der Waals surface area contributed by atoms with Crippen molar-refractivity contribution in [3.8, 4) is 5.75 Å². The number of hydrogen-bond donors (Lipinski definition) is 0. The number of fused-ring (bicyclic) bond motifs is 1. The Labute approximate surface area is 178 Å². The number of ketones is 1. The third-order valence-corrected chi connectivity index (χ3v) is 5.65. The number of allylic oxidation sites excluding steroid dienone is 1. The van der Waals surface area contributed by atoms with Gasteiger partial charge in [0.25, 0.3) is 0 Å². The lowest BCUT2D eigenvalue weighted by molar-refractivity contribution is -0.140. The van der Waals surface area contributed by atoms with Crippen LogP contribution in [0.25, 0.3) is 0 Å². The van der Waals surface area contributed by atoms with Gasteiger partial charge in [-0.1, -0.05) is 26.0 Å². The van der Waals surface area contributed by atoms with Crippen molar-refractivity contribution in [2.45, 2.75) is 46.5 Å². The summed E-state index contributed by atoms with van der Waals surface area (Å²) in [6.07, 6.45) is 1.20. The molecular formula is C24H31NO5. The van der Waals surface area contributed by atoms with Crippen molar-refractivity contribution >= 4 is 17.5 Å². The molecule has 1 aromatic rings. The third kappa shape index (κ3) is 4.64. The number of nitrogens with zero attached hydrogens (tertiary/aromatic N) is 1. The highest BCUT2D eigenvalue weighted by Gasteiger charge is 2.47. The molecule has 1 aromatic carbocycles. The fourth-order valence-electron chi connectivity index (χ4n) is 4.45. The minimum atomic E-state index is -0.441. The summed E-state index contributed by atoms with van der Waals surface area (Å²) < 4.78 is 16.0. The van der Waals surface area contributed by atoms with E-state index >= 15 is 0 Å². The summed E-state index contributed by atoms with van der Waals surface area (Å²) in [7, 11) is 1.56. The summed E-state index contributed by atoms with van der Waals surface area (Å²) in [6, 6.07) is 7.62. The Hall–Kier alpha value is -2.47. The number of carbonyl (C=O) groups is 2. The molecular weight excluding hydrogens is 382 g/mol. The lowest BCUT2D eigenvalue weighted by atomic mass is 9.63. The smallest absolute Gasteiger partial charge is 0.336 e. The van der Waals surface area contributed by atoms with Crippen molar-refractivity contribution in [3.05, 3.63) is 41.1 Å². The molecule has 6 heteroatoms. The van der Waals surface area contributed by atoms with Gasteiger partial charge in [0.05, 0.1) is 24.7 Å². The van der Waals surface area contributed by atoms with Crippen molar-refractivity contribution in [2.75, 3.05) is 26.9 Å². The van der Waals surface area contributed by atoms with Crippen LogP contribution in [-0.4, -0.2) is 44.4 Å². The van der Waals surface area contributed by atoms with Crippen LogP contribution < -0.4 is 4.74 Å². The Kier molecular flexibility index (Phi) is 6.76. The van der Waals surface area contributed by atoms with Gasteiger partial charge in [0.2, 0.25) is 0 Å². The molecule has 1 heterocycles. The Balaban J connectivity index is 2.04. The van der Waals surface area contributed by atoms with Crippen molar-refractivity contribution < 1.29 is 23.8 Å². The number of benzene rings is 1. The normalized spacial score (nSPS) is 23.0. The lowest BCUT2D eigenvalue weighted by Gasteiger charge is -2.41. The molecule has 3 rings (SSSR count). The maximum Gasteiger partial charge on any atom is 0.336 e. The fourth-order valence-corrected chi connectivity index (χ4v) is 4.45.